The van der Waals surface area contributed by atoms with E-state index in [-0.39, 0.29) is 5.78 Å². The fourth-order valence-electron chi connectivity index (χ4n) is 2.19. The number of carbonyl (C=O) groups is 2. The average molecular weight is 281 g/mol. The molecule has 1 atom stereocenters. The van der Waals surface area contributed by atoms with Gasteiger partial charge in [-0.25, -0.2) is 4.79 Å². The minimum atomic E-state index is -0.586. The molecule has 0 bridgehead atoms. The third-order valence-corrected chi connectivity index (χ3v) is 2.97. The van der Waals surface area contributed by atoms with Gasteiger partial charge in [-0.15, -0.1) is 0 Å². The lowest BCUT2D eigenvalue weighted by Gasteiger charge is -2.24. The number of rotatable bonds is 4. The molecule has 0 aliphatic rings. The molecule has 0 amide bonds. The Labute approximate surface area is 119 Å². The minimum Gasteiger partial charge on any atom is -0.465 e. The van der Waals surface area contributed by atoms with E-state index in [0.717, 1.165) is 0 Å². The van der Waals surface area contributed by atoms with Crippen molar-refractivity contribution in [3.05, 3.63) is 22.5 Å². The first kappa shape index (κ1) is 16.4. The summed E-state index contributed by atoms with van der Waals surface area (Å²) in [5.74, 6) is -0.615. The summed E-state index contributed by atoms with van der Waals surface area (Å²) < 4.78 is 10.4. The number of hydrogen-bond donors (Lipinski definition) is 1. The van der Waals surface area contributed by atoms with Crippen LogP contribution in [0.1, 0.15) is 59.8 Å². The van der Waals surface area contributed by atoms with Crippen molar-refractivity contribution in [1.29, 1.82) is 0 Å². The predicted molar refractivity (Wildman–Crippen MR) is 76.2 cm³/mol. The number of ether oxygens (including phenoxy) is 2. The molecule has 5 nitrogen and oxygen atoms in total. The zero-order valence-electron chi connectivity index (χ0n) is 13.2. The molecule has 0 saturated carbocycles. The lowest BCUT2D eigenvalue weighted by Crippen LogP contribution is -2.31. The number of nitrogens with one attached hydrogen (secondary N) is 1. The molecule has 0 saturated heterocycles. The van der Waals surface area contributed by atoms with Crippen molar-refractivity contribution >= 4 is 11.8 Å². The van der Waals surface area contributed by atoms with Crippen LogP contribution in [0.15, 0.2) is 0 Å². The van der Waals surface area contributed by atoms with Crippen LogP contribution in [0.4, 0.5) is 0 Å². The quantitative estimate of drug-likeness (QED) is 0.680. The van der Waals surface area contributed by atoms with Gasteiger partial charge in [-0.05, 0) is 47.1 Å². The van der Waals surface area contributed by atoms with Gasteiger partial charge < -0.3 is 14.5 Å². The summed E-state index contributed by atoms with van der Waals surface area (Å²) in [6.07, 6.45) is -0.586. The van der Waals surface area contributed by atoms with E-state index in [4.69, 9.17) is 9.47 Å². The van der Waals surface area contributed by atoms with Gasteiger partial charge in [0.25, 0.3) is 0 Å². The minimum absolute atomic E-state index is 0.171. The zero-order chi connectivity index (χ0) is 15.7. The van der Waals surface area contributed by atoms with Gasteiger partial charge in [0.15, 0.2) is 0 Å². The number of aromatic amines is 1. The Balaban J connectivity index is 3.09. The van der Waals surface area contributed by atoms with Crippen molar-refractivity contribution in [2.24, 2.45) is 0 Å². The Kier molecular flexibility index (Phi) is 4.76. The van der Waals surface area contributed by atoms with Crippen LogP contribution >= 0.6 is 0 Å². The third-order valence-electron chi connectivity index (χ3n) is 2.97. The molecule has 0 aliphatic heterocycles. The lowest BCUT2D eigenvalue weighted by atomic mass is 10.1. The van der Waals surface area contributed by atoms with Crippen molar-refractivity contribution in [3.63, 3.8) is 0 Å². The van der Waals surface area contributed by atoms with Gasteiger partial charge in [-0.1, -0.05) is 0 Å². The van der Waals surface area contributed by atoms with Crippen LogP contribution in [-0.2, 0) is 9.47 Å². The molecule has 0 fully saturated rings. The average Bonchev–Trinajstić information content (AvgIpc) is 2.61. The molecule has 1 N–H and O–H groups in total. The second-order valence-electron chi connectivity index (χ2n) is 5.85. The predicted octanol–water partition coefficient (Wildman–Crippen LogP) is 2.80. The van der Waals surface area contributed by atoms with Crippen LogP contribution in [0.2, 0.25) is 0 Å². The van der Waals surface area contributed by atoms with Gasteiger partial charge in [-0.2, -0.15) is 0 Å². The zero-order valence-corrected chi connectivity index (χ0v) is 13.2. The van der Waals surface area contributed by atoms with E-state index in [1.54, 1.807) is 20.8 Å². The number of hydrogen-bond acceptors (Lipinski definition) is 4. The van der Waals surface area contributed by atoms with Crippen LogP contribution in [0.25, 0.3) is 0 Å². The number of carbonyl (C=O) groups excluding carboxylic acids is 2. The summed E-state index contributed by atoms with van der Waals surface area (Å²) in [5.41, 5.74) is 1.64. The van der Waals surface area contributed by atoms with Crippen molar-refractivity contribution in [1.82, 2.24) is 4.98 Å². The van der Waals surface area contributed by atoms with E-state index in [1.165, 1.54) is 7.11 Å². The van der Waals surface area contributed by atoms with Gasteiger partial charge in [0.1, 0.15) is 6.10 Å². The van der Waals surface area contributed by atoms with Crippen LogP contribution < -0.4 is 0 Å². The maximum Gasteiger partial charge on any atom is 0.339 e. The SMILES string of the molecule is COC(=O)c1c(C)[nH]c(C(=O)C(C)OC(C)(C)C)c1C. The molecule has 20 heavy (non-hydrogen) atoms. The topological polar surface area (TPSA) is 68.4 Å². The first-order chi connectivity index (χ1) is 9.08. The second-order valence-corrected chi connectivity index (χ2v) is 5.85. The molecular formula is C15H23NO4. The van der Waals surface area contributed by atoms with E-state index in [1.807, 2.05) is 20.8 Å². The molecule has 0 aromatic carbocycles. The summed E-state index contributed by atoms with van der Waals surface area (Å²) in [4.78, 5) is 27.1. The maximum atomic E-state index is 12.4. The van der Waals surface area contributed by atoms with Crippen LogP contribution in [0, 0.1) is 13.8 Å². The first-order valence-corrected chi connectivity index (χ1v) is 6.58. The second kappa shape index (κ2) is 5.79. The van der Waals surface area contributed by atoms with E-state index < -0.39 is 17.7 Å². The highest BCUT2D eigenvalue weighted by Crippen LogP contribution is 2.22. The van der Waals surface area contributed by atoms with Crippen molar-refractivity contribution < 1.29 is 19.1 Å². The summed E-state index contributed by atoms with van der Waals surface area (Å²) in [5, 5.41) is 0. The molecular weight excluding hydrogens is 258 g/mol. The molecule has 0 radical (unpaired) electrons. The summed E-state index contributed by atoms with van der Waals surface area (Å²) in [7, 11) is 1.32. The molecule has 5 heteroatoms. The largest absolute Gasteiger partial charge is 0.465 e. The fourth-order valence-corrected chi connectivity index (χ4v) is 2.19. The summed E-state index contributed by atoms with van der Waals surface area (Å²) in [6, 6.07) is 0. The summed E-state index contributed by atoms with van der Waals surface area (Å²) in [6.45, 7) is 10.9. The molecule has 1 rings (SSSR count). The molecule has 1 aromatic heterocycles. The standard InChI is InChI=1S/C15H23NO4/c1-8-11(14(18)19-7)9(2)16-12(8)13(17)10(3)20-15(4,5)6/h10,16H,1-7H3. The highest BCUT2D eigenvalue weighted by Gasteiger charge is 2.28. The molecule has 0 spiro atoms. The van der Waals surface area contributed by atoms with E-state index in [2.05, 4.69) is 4.98 Å². The van der Waals surface area contributed by atoms with Gasteiger partial charge >= 0.3 is 5.97 Å². The van der Waals surface area contributed by atoms with Crippen LogP contribution in [0.5, 0.6) is 0 Å². The Morgan fingerprint density at radius 3 is 2.20 bits per heavy atom. The Morgan fingerprint density at radius 2 is 1.75 bits per heavy atom. The number of aromatic nitrogens is 1. The number of H-pyrrole nitrogens is 1. The van der Waals surface area contributed by atoms with Crippen LogP contribution in [0.3, 0.4) is 0 Å². The van der Waals surface area contributed by atoms with Crippen molar-refractivity contribution in [2.75, 3.05) is 7.11 Å². The highest BCUT2D eigenvalue weighted by molar-refractivity contribution is 6.03. The van der Waals surface area contributed by atoms with Gasteiger partial charge in [0.05, 0.1) is 24.0 Å². The Bertz CT molecular complexity index is 523. The molecule has 0 aliphatic carbocycles. The number of esters is 1. The van der Waals surface area contributed by atoms with Crippen LogP contribution in [-0.4, -0.2) is 35.6 Å². The number of ketones is 1. The molecule has 1 heterocycles. The Hall–Kier alpha value is -1.62. The van der Waals surface area contributed by atoms with E-state index >= 15 is 0 Å². The van der Waals surface area contributed by atoms with Crippen molar-refractivity contribution in [3.8, 4) is 0 Å². The molecule has 112 valence electrons. The van der Waals surface area contributed by atoms with Gasteiger partial charge in [0, 0.05) is 5.69 Å². The first-order valence-electron chi connectivity index (χ1n) is 6.58. The van der Waals surface area contributed by atoms with Gasteiger partial charge in [-0.3, -0.25) is 4.79 Å². The van der Waals surface area contributed by atoms with E-state index in [0.29, 0.717) is 22.5 Å². The summed E-state index contributed by atoms with van der Waals surface area (Å²) >= 11 is 0. The monoisotopic (exact) mass is 281 g/mol. The fraction of sp³-hybridized carbons (Fsp3) is 0.600. The Morgan fingerprint density at radius 1 is 1.20 bits per heavy atom. The smallest absolute Gasteiger partial charge is 0.339 e. The number of methoxy groups -OCH3 is 1. The molecule has 1 aromatic rings. The third kappa shape index (κ3) is 3.48. The lowest BCUT2D eigenvalue weighted by molar-refractivity contribution is -0.0383. The normalized spacial score (nSPS) is 13.2. The maximum absolute atomic E-state index is 12.4. The van der Waals surface area contributed by atoms with Gasteiger partial charge in [0.2, 0.25) is 5.78 Å². The number of aryl methyl sites for hydroxylation is 1. The highest BCUT2D eigenvalue weighted by atomic mass is 16.5. The van der Waals surface area contributed by atoms with Crippen molar-refractivity contribution in [2.45, 2.75) is 53.2 Å². The molecule has 1 unspecified atom stereocenters. The number of Topliss-reactive ketones (excluding diaryl/α,β-unsaturated/α-hetero) is 1. The van der Waals surface area contributed by atoms with E-state index in [9.17, 15) is 9.59 Å².